The zero-order valence-electron chi connectivity index (χ0n) is 21.6. The monoisotopic (exact) mass is 510 g/mol. The van der Waals surface area contributed by atoms with Gasteiger partial charge in [-0.25, -0.2) is 4.79 Å². The summed E-state index contributed by atoms with van der Waals surface area (Å²) in [7, 11) is 0. The lowest BCUT2D eigenvalue weighted by Crippen LogP contribution is -2.50. The Balaban J connectivity index is 1.19. The van der Waals surface area contributed by atoms with Crippen LogP contribution in [0.2, 0.25) is 0 Å². The van der Waals surface area contributed by atoms with E-state index in [0.29, 0.717) is 48.5 Å². The number of rotatable bonds is 5. The molecular formula is C31H30N2O5. The highest BCUT2D eigenvalue weighted by atomic mass is 16.5. The van der Waals surface area contributed by atoms with Crippen molar-refractivity contribution in [1.29, 1.82) is 0 Å². The van der Waals surface area contributed by atoms with Crippen molar-refractivity contribution in [3.8, 4) is 5.75 Å². The molecule has 4 heterocycles. The molecule has 2 atom stereocenters. The first-order chi connectivity index (χ1) is 18.4. The van der Waals surface area contributed by atoms with E-state index < -0.39 is 0 Å². The SMILES string of the molecule is Cc1c(Cc2ccccc2)c(=O)oc2c(C)c(OCC(=O)N3C[C@@H]4C[C@@H](C3)c3cccc(=O)n3C4)ccc12. The van der Waals surface area contributed by atoms with E-state index in [1.165, 1.54) is 0 Å². The van der Waals surface area contributed by atoms with Crippen molar-refractivity contribution >= 4 is 16.9 Å². The number of piperidine rings is 1. The van der Waals surface area contributed by atoms with Crippen LogP contribution in [0, 0.1) is 19.8 Å². The standard InChI is InChI=1S/C31H30N2O5/c1-19-24-11-12-27(20(2)30(24)38-31(36)25(19)14-21-7-4-3-5-8-21)37-18-29(35)32-15-22-13-23(17-32)26-9-6-10-28(34)33(26)16-22/h3-12,22-23H,13-18H2,1-2H3/t22-,23-/m0/s1. The number of carbonyl (C=O) groups is 1. The Labute approximate surface area is 220 Å². The van der Waals surface area contributed by atoms with Crippen LogP contribution in [-0.4, -0.2) is 35.1 Å². The van der Waals surface area contributed by atoms with Gasteiger partial charge in [-0.15, -0.1) is 0 Å². The summed E-state index contributed by atoms with van der Waals surface area (Å²) < 4.78 is 13.6. The highest BCUT2D eigenvalue weighted by Gasteiger charge is 2.36. The fraction of sp³-hybridized carbons (Fsp3) is 0.323. The first kappa shape index (κ1) is 24.2. The highest BCUT2D eigenvalue weighted by Crippen LogP contribution is 2.35. The van der Waals surface area contributed by atoms with E-state index >= 15 is 0 Å². The largest absolute Gasteiger partial charge is 0.483 e. The van der Waals surface area contributed by atoms with Crippen molar-refractivity contribution in [3.63, 3.8) is 0 Å². The Morgan fingerprint density at radius 3 is 2.58 bits per heavy atom. The molecule has 7 nitrogen and oxygen atoms in total. The lowest BCUT2D eigenvalue weighted by Gasteiger charge is -2.42. The van der Waals surface area contributed by atoms with Gasteiger partial charge in [0, 0.05) is 60.2 Å². The van der Waals surface area contributed by atoms with Crippen LogP contribution < -0.4 is 15.9 Å². The predicted octanol–water partition coefficient (Wildman–Crippen LogP) is 4.19. The molecule has 2 bridgehead atoms. The molecule has 2 aliphatic rings. The normalized spacial score (nSPS) is 18.3. The van der Waals surface area contributed by atoms with Gasteiger partial charge in [0.15, 0.2) is 6.61 Å². The molecule has 2 aliphatic heterocycles. The lowest BCUT2D eigenvalue weighted by atomic mass is 9.83. The quantitative estimate of drug-likeness (QED) is 0.376. The van der Waals surface area contributed by atoms with E-state index in [4.69, 9.17) is 9.15 Å². The predicted molar refractivity (Wildman–Crippen MR) is 145 cm³/mol. The molecule has 0 unspecified atom stereocenters. The number of aromatic nitrogens is 1. The molecule has 4 aromatic rings. The number of carbonyl (C=O) groups excluding carboxylic acids is 1. The summed E-state index contributed by atoms with van der Waals surface area (Å²) >= 11 is 0. The van der Waals surface area contributed by atoms with Crippen LogP contribution in [0.4, 0.5) is 0 Å². The van der Waals surface area contributed by atoms with Crippen LogP contribution in [0.1, 0.15) is 40.3 Å². The van der Waals surface area contributed by atoms with Crippen molar-refractivity contribution in [2.45, 2.75) is 39.2 Å². The third-order valence-corrected chi connectivity index (χ3v) is 8.06. The van der Waals surface area contributed by atoms with Crippen LogP contribution in [0.15, 0.2) is 74.7 Å². The minimum Gasteiger partial charge on any atom is -0.483 e. The Bertz CT molecular complexity index is 1650. The molecule has 0 aliphatic carbocycles. The molecule has 194 valence electrons. The van der Waals surface area contributed by atoms with Crippen LogP contribution in [0.25, 0.3) is 11.0 Å². The van der Waals surface area contributed by atoms with E-state index in [9.17, 15) is 14.4 Å². The van der Waals surface area contributed by atoms with Crippen LogP contribution in [0.5, 0.6) is 5.75 Å². The number of benzene rings is 2. The van der Waals surface area contributed by atoms with Gasteiger partial charge in [0.05, 0.1) is 0 Å². The molecule has 1 saturated heterocycles. The van der Waals surface area contributed by atoms with E-state index in [1.54, 1.807) is 12.1 Å². The highest BCUT2D eigenvalue weighted by molar-refractivity contribution is 5.86. The average molecular weight is 511 g/mol. The van der Waals surface area contributed by atoms with Crippen molar-refractivity contribution in [3.05, 3.63) is 109 Å². The maximum absolute atomic E-state index is 13.1. The maximum Gasteiger partial charge on any atom is 0.340 e. The molecule has 38 heavy (non-hydrogen) atoms. The van der Waals surface area contributed by atoms with E-state index in [0.717, 1.165) is 28.6 Å². The summed E-state index contributed by atoms with van der Waals surface area (Å²) in [5.74, 6) is 0.861. The first-order valence-corrected chi connectivity index (χ1v) is 13.1. The molecule has 2 aromatic heterocycles. The van der Waals surface area contributed by atoms with Crippen LogP contribution >= 0.6 is 0 Å². The zero-order chi connectivity index (χ0) is 26.4. The number of aryl methyl sites for hydroxylation is 2. The maximum atomic E-state index is 13.1. The fourth-order valence-electron chi connectivity index (χ4n) is 6.06. The van der Waals surface area contributed by atoms with Crippen molar-refractivity contribution < 1.29 is 13.9 Å². The summed E-state index contributed by atoms with van der Waals surface area (Å²) in [4.78, 5) is 40.2. The van der Waals surface area contributed by atoms with E-state index in [1.807, 2.05) is 71.8 Å². The summed E-state index contributed by atoms with van der Waals surface area (Å²) in [5.41, 5.74) is 4.46. The minimum atomic E-state index is -0.352. The summed E-state index contributed by atoms with van der Waals surface area (Å²) in [6.45, 7) is 5.54. The first-order valence-electron chi connectivity index (χ1n) is 13.1. The van der Waals surface area contributed by atoms with Gasteiger partial charge in [-0.2, -0.15) is 0 Å². The Morgan fingerprint density at radius 2 is 1.76 bits per heavy atom. The van der Waals surface area contributed by atoms with Gasteiger partial charge < -0.3 is 18.6 Å². The third-order valence-electron chi connectivity index (χ3n) is 8.06. The van der Waals surface area contributed by atoms with Gasteiger partial charge in [0.25, 0.3) is 11.5 Å². The lowest BCUT2D eigenvalue weighted by molar-refractivity contribution is -0.136. The van der Waals surface area contributed by atoms with E-state index in [2.05, 4.69) is 0 Å². The second kappa shape index (κ2) is 9.63. The smallest absolute Gasteiger partial charge is 0.340 e. The number of nitrogens with zero attached hydrogens (tertiary/aromatic N) is 2. The molecule has 0 radical (unpaired) electrons. The van der Waals surface area contributed by atoms with Crippen LogP contribution in [0.3, 0.4) is 0 Å². The molecule has 2 aromatic carbocycles. The molecule has 0 saturated carbocycles. The van der Waals surface area contributed by atoms with Gasteiger partial charge in [-0.1, -0.05) is 36.4 Å². The number of hydrogen-bond donors (Lipinski definition) is 0. The van der Waals surface area contributed by atoms with Crippen molar-refractivity contribution in [1.82, 2.24) is 9.47 Å². The number of hydrogen-bond acceptors (Lipinski definition) is 5. The number of amides is 1. The summed E-state index contributed by atoms with van der Waals surface area (Å²) in [5, 5.41) is 0.865. The van der Waals surface area contributed by atoms with Gasteiger partial charge >= 0.3 is 5.63 Å². The number of likely N-dealkylation sites (tertiary alicyclic amines) is 1. The average Bonchev–Trinajstić information content (AvgIpc) is 2.92. The van der Waals surface area contributed by atoms with Gasteiger partial charge in [0.2, 0.25) is 0 Å². The summed E-state index contributed by atoms with van der Waals surface area (Å²) in [6, 6.07) is 19.0. The zero-order valence-corrected chi connectivity index (χ0v) is 21.6. The Morgan fingerprint density at radius 1 is 0.947 bits per heavy atom. The number of ether oxygens (including phenoxy) is 1. The van der Waals surface area contributed by atoms with Gasteiger partial charge in [-0.3, -0.25) is 9.59 Å². The molecule has 0 spiro atoms. The molecule has 6 rings (SSSR count). The second-order valence-electron chi connectivity index (χ2n) is 10.5. The van der Waals surface area contributed by atoms with Gasteiger partial charge in [-0.05, 0) is 55.5 Å². The molecular weight excluding hydrogens is 480 g/mol. The third kappa shape index (κ3) is 4.32. The fourth-order valence-corrected chi connectivity index (χ4v) is 6.06. The van der Waals surface area contributed by atoms with E-state index in [-0.39, 0.29) is 35.5 Å². The summed E-state index contributed by atoms with van der Waals surface area (Å²) in [6.07, 6.45) is 1.50. The Hall–Kier alpha value is -4.13. The second-order valence-corrected chi connectivity index (χ2v) is 10.5. The Kier molecular flexibility index (Phi) is 6.14. The number of fused-ring (bicyclic) bond motifs is 5. The molecule has 0 N–H and O–H groups in total. The van der Waals surface area contributed by atoms with Gasteiger partial charge in [0.1, 0.15) is 11.3 Å². The molecule has 1 amide bonds. The minimum absolute atomic E-state index is 0.0289. The number of pyridine rings is 1. The van der Waals surface area contributed by atoms with Crippen LogP contribution in [-0.2, 0) is 17.8 Å². The molecule has 7 heteroatoms. The molecule has 1 fully saturated rings. The van der Waals surface area contributed by atoms with Crippen molar-refractivity contribution in [2.24, 2.45) is 5.92 Å². The van der Waals surface area contributed by atoms with Crippen molar-refractivity contribution in [2.75, 3.05) is 19.7 Å². The topological polar surface area (TPSA) is 81.8 Å².